The van der Waals surface area contributed by atoms with E-state index in [0.717, 1.165) is 12.2 Å². The summed E-state index contributed by atoms with van der Waals surface area (Å²) in [5.41, 5.74) is 6.58. The lowest BCUT2D eigenvalue weighted by Crippen LogP contribution is -2.30. The van der Waals surface area contributed by atoms with E-state index in [1.807, 2.05) is 12.1 Å². The Kier molecular flexibility index (Phi) is 2.86. The van der Waals surface area contributed by atoms with Crippen molar-refractivity contribution in [3.63, 3.8) is 0 Å². The third kappa shape index (κ3) is 2.09. The molecule has 0 aromatic carbocycles. The predicted molar refractivity (Wildman–Crippen MR) is 60.3 cm³/mol. The SMILES string of the molecule is CC(C)N1CCCC1c1ccc(N)nn1. The summed E-state index contributed by atoms with van der Waals surface area (Å²) in [7, 11) is 0. The second-order valence-electron chi connectivity index (χ2n) is 4.37. The molecule has 4 heteroatoms. The second kappa shape index (κ2) is 4.14. The lowest BCUT2D eigenvalue weighted by Gasteiger charge is -2.27. The first-order valence-corrected chi connectivity index (χ1v) is 5.53. The zero-order valence-electron chi connectivity index (χ0n) is 9.35. The van der Waals surface area contributed by atoms with E-state index < -0.39 is 0 Å². The smallest absolute Gasteiger partial charge is 0.146 e. The van der Waals surface area contributed by atoms with E-state index >= 15 is 0 Å². The molecule has 2 N–H and O–H groups in total. The van der Waals surface area contributed by atoms with Gasteiger partial charge in [-0.2, -0.15) is 5.10 Å². The summed E-state index contributed by atoms with van der Waals surface area (Å²) in [6.07, 6.45) is 2.42. The molecule has 1 aromatic rings. The molecule has 0 saturated carbocycles. The minimum absolute atomic E-state index is 0.429. The van der Waals surface area contributed by atoms with Gasteiger partial charge in [-0.15, -0.1) is 5.10 Å². The van der Waals surface area contributed by atoms with Crippen LogP contribution in [0, 0.1) is 0 Å². The first-order valence-electron chi connectivity index (χ1n) is 5.53. The summed E-state index contributed by atoms with van der Waals surface area (Å²) in [5.74, 6) is 0.493. The Morgan fingerprint density at radius 2 is 2.20 bits per heavy atom. The van der Waals surface area contributed by atoms with Crippen molar-refractivity contribution in [2.24, 2.45) is 0 Å². The molecule has 1 saturated heterocycles. The summed E-state index contributed by atoms with van der Waals surface area (Å²) in [5, 5.41) is 8.09. The zero-order valence-corrected chi connectivity index (χ0v) is 9.35. The molecule has 1 aromatic heterocycles. The Hall–Kier alpha value is -1.16. The molecule has 1 aliphatic heterocycles. The van der Waals surface area contributed by atoms with Gasteiger partial charge in [-0.25, -0.2) is 0 Å². The van der Waals surface area contributed by atoms with Crippen LogP contribution in [-0.4, -0.2) is 27.7 Å². The Bertz CT molecular complexity index is 320. The number of hydrogen-bond acceptors (Lipinski definition) is 4. The summed E-state index contributed by atoms with van der Waals surface area (Å²) in [6, 6.07) is 4.82. The maximum atomic E-state index is 5.53. The van der Waals surface area contributed by atoms with Gasteiger partial charge in [-0.3, -0.25) is 4.90 Å². The van der Waals surface area contributed by atoms with E-state index in [0.29, 0.717) is 17.9 Å². The molecule has 2 heterocycles. The normalized spacial score (nSPS) is 22.5. The van der Waals surface area contributed by atoms with E-state index in [1.165, 1.54) is 12.8 Å². The van der Waals surface area contributed by atoms with Gasteiger partial charge < -0.3 is 5.73 Å². The highest BCUT2D eigenvalue weighted by molar-refractivity contribution is 5.26. The summed E-state index contributed by atoms with van der Waals surface area (Å²) < 4.78 is 0. The van der Waals surface area contributed by atoms with Crippen LogP contribution < -0.4 is 5.73 Å². The topological polar surface area (TPSA) is 55.0 Å². The quantitative estimate of drug-likeness (QED) is 0.798. The van der Waals surface area contributed by atoms with Gasteiger partial charge in [0.25, 0.3) is 0 Å². The summed E-state index contributed by atoms with van der Waals surface area (Å²) in [6.45, 7) is 5.61. The molecule has 1 aliphatic rings. The fraction of sp³-hybridized carbons (Fsp3) is 0.636. The maximum Gasteiger partial charge on any atom is 0.146 e. The first kappa shape index (κ1) is 10.4. The Morgan fingerprint density at radius 1 is 1.40 bits per heavy atom. The van der Waals surface area contributed by atoms with Crippen LogP contribution in [0.2, 0.25) is 0 Å². The third-order valence-corrected chi connectivity index (χ3v) is 3.00. The molecule has 0 radical (unpaired) electrons. The molecule has 0 spiro atoms. The Morgan fingerprint density at radius 3 is 2.80 bits per heavy atom. The second-order valence-corrected chi connectivity index (χ2v) is 4.37. The molecular weight excluding hydrogens is 188 g/mol. The van der Waals surface area contributed by atoms with Gasteiger partial charge in [-0.05, 0) is 45.4 Å². The average Bonchev–Trinajstić information content (AvgIpc) is 2.67. The van der Waals surface area contributed by atoms with Gasteiger partial charge in [0.2, 0.25) is 0 Å². The average molecular weight is 206 g/mol. The number of rotatable bonds is 2. The van der Waals surface area contributed by atoms with Crippen LogP contribution in [-0.2, 0) is 0 Å². The molecule has 0 bridgehead atoms. The third-order valence-electron chi connectivity index (χ3n) is 3.00. The van der Waals surface area contributed by atoms with Crippen LogP contribution >= 0.6 is 0 Å². The fourth-order valence-corrected chi connectivity index (χ4v) is 2.26. The molecular formula is C11H18N4. The van der Waals surface area contributed by atoms with Crippen molar-refractivity contribution >= 4 is 5.82 Å². The van der Waals surface area contributed by atoms with Crippen LogP contribution in [0.4, 0.5) is 5.82 Å². The van der Waals surface area contributed by atoms with Crippen molar-refractivity contribution < 1.29 is 0 Å². The molecule has 1 fully saturated rings. The summed E-state index contributed by atoms with van der Waals surface area (Å²) >= 11 is 0. The molecule has 1 unspecified atom stereocenters. The van der Waals surface area contributed by atoms with E-state index in [9.17, 15) is 0 Å². The van der Waals surface area contributed by atoms with Crippen molar-refractivity contribution in [3.05, 3.63) is 17.8 Å². The van der Waals surface area contributed by atoms with Crippen molar-refractivity contribution in [1.82, 2.24) is 15.1 Å². The number of likely N-dealkylation sites (tertiary alicyclic amines) is 1. The van der Waals surface area contributed by atoms with Gasteiger partial charge in [0, 0.05) is 6.04 Å². The largest absolute Gasteiger partial charge is 0.382 e. The highest BCUT2D eigenvalue weighted by Gasteiger charge is 2.28. The molecule has 2 rings (SSSR count). The van der Waals surface area contributed by atoms with E-state index in [4.69, 9.17) is 5.73 Å². The Labute approximate surface area is 90.5 Å². The van der Waals surface area contributed by atoms with Crippen molar-refractivity contribution in [3.8, 4) is 0 Å². The highest BCUT2D eigenvalue weighted by Crippen LogP contribution is 2.31. The van der Waals surface area contributed by atoms with Crippen LogP contribution in [0.5, 0.6) is 0 Å². The van der Waals surface area contributed by atoms with Crippen LogP contribution in [0.1, 0.15) is 38.4 Å². The van der Waals surface area contributed by atoms with Crippen molar-refractivity contribution in [2.45, 2.75) is 38.8 Å². The van der Waals surface area contributed by atoms with Gasteiger partial charge in [0.05, 0.1) is 11.7 Å². The number of hydrogen-bond donors (Lipinski definition) is 1. The van der Waals surface area contributed by atoms with Gasteiger partial charge in [0.15, 0.2) is 0 Å². The minimum Gasteiger partial charge on any atom is -0.382 e. The molecule has 1 atom stereocenters. The fourth-order valence-electron chi connectivity index (χ4n) is 2.26. The predicted octanol–water partition coefficient (Wildman–Crippen LogP) is 1.60. The molecule has 0 aliphatic carbocycles. The standard InChI is InChI=1S/C11H18N4/c1-8(2)15-7-3-4-10(15)9-5-6-11(12)14-13-9/h5-6,8,10H,3-4,7H2,1-2H3,(H2,12,14). The van der Waals surface area contributed by atoms with Gasteiger partial charge >= 0.3 is 0 Å². The van der Waals surface area contributed by atoms with Gasteiger partial charge in [0.1, 0.15) is 5.82 Å². The maximum absolute atomic E-state index is 5.53. The van der Waals surface area contributed by atoms with Crippen LogP contribution in [0.25, 0.3) is 0 Å². The van der Waals surface area contributed by atoms with E-state index in [1.54, 1.807) is 0 Å². The molecule has 82 valence electrons. The Balaban J connectivity index is 2.19. The lowest BCUT2D eigenvalue weighted by molar-refractivity contribution is 0.201. The van der Waals surface area contributed by atoms with Crippen LogP contribution in [0.3, 0.4) is 0 Å². The number of nitrogen functional groups attached to an aromatic ring is 1. The lowest BCUT2D eigenvalue weighted by atomic mass is 10.1. The van der Waals surface area contributed by atoms with E-state index in [2.05, 4.69) is 28.9 Å². The molecule has 4 nitrogen and oxygen atoms in total. The number of anilines is 1. The van der Waals surface area contributed by atoms with Gasteiger partial charge in [-0.1, -0.05) is 0 Å². The minimum atomic E-state index is 0.429. The molecule has 0 amide bonds. The first-order chi connectivity index (χ1) is 7.18. The van der Waals surface area contributed by atoms with Crippen LogP contribution in [0.15, 0.2) is 12.1 Å². The van der Waals surface area contributed by atoms with Crippen molar-refractivity contribution in [2.75, 3.05) is 12.3 Å². The number of nitrogens with two attached hydrogens (primary N) is 1. The summed E-state index contributed by atoms with van der Waals surface area (Å²) in [4.78, 5) is 2.47. The number of aromatic nitrogens is 2. The zero-order chi connectivity index (χ0) is 10.8. The highest BCUT2D eigenvalue weighted by atomic mass is 15.2. The van der Waals surface area contributed by atoms with E-state index in [-0.39, 0.29) is 0 Å². The van der Waals surface area contributed by atoms with Crippen molar-refractivity contribution in [1.29, 1.82) is 0 Å². The number of nitrogens with zero attached hydrogens (tertiary/aromatic N) is 3. The monoisotopic (exact) mass is 206 g/mol. The molecule has 15 heavy (non-hydrogen) atoms.